The Morgan fingerprint density at radius 1 is 1.31 bits per heavy atom. The van der Waals surface area contributed by atoms with Crippen molar-refractivity contribution in [3.8, 4) is 0 Å². The summed E-state index contributed by atoms with van der Waals surface area (Å²) in [6, 6.07) is 0.850. The van der Waals surface area contributed by atoms with Crippen molar-refractivity contribution < 1.29 is 0 Å². The van der Waals surface area contributed by atoms with Crippen LogP contribution in [0.2, 0.25) is 0 Å². The Kier molecular flexibility index (Phi) is 5.35. The molecule has 0 amide bonds. The molecule has 1 unspecified atom stereocenters. The highest BCUT2D eigenvalue weighted by atomic mass is 15.1. The van der Waals surface area contributed by atoms with Gasteiger partial charge in [0, 0.05) is 43.8 Å². The molecule has 1 aromatic rings. The van der Waals surface area contributed by atoms with E-state index >= 15 is 0 Å². The minimum Gasteiger partial charge on any atom is -0.308 e. The monoisotopic (exact) mass is 222 g/mol. The van der Waals surface area contributed by atoms with Gasteiger partial charge in [-0.05, 0) is 27.8 Å². The molecule has 1 rings (SSSR count). The van der Waals surface area contributed by atoms with Crippen molar-refractivity contribution in [3.05, 3.63) is 24.3 Å². The molecule has 0 saturated carbocycles. The summed E-state index contributed by atoms with van der Waals surface area (Å²) in [7, 11) is 2.14. The van der Waals surface area contributed by atoms with Crippen molar-refractivity contribution in [1.29, 1.82) is 0 Å². The van der Waals surface area contributed by atoms with Gasteiger partial charge in [0.2, 0.25) is 0 Å². The Hall–Kier alpha value is -1.00. The smallest absolute Gasteiger partial charge is 0.0753 e. The Bertz CT molecular complexity index is 286. The maximum Gasteiger partial charge on any atom is 0.0753 e. The second-order valence-electron chi connectivity index (χ2n) is 4.38. The van der Waals surface area contributed by atoms with E-state index in [9.17, 15) is 0 Å². The molecule has 0 aliphatic rings. The molecule has 0 radical (unpaired) electrons. The van der Waals surface area contributed by atoms with Gasteiger partial charge in [0.25, 0.3) is 0 Å². The number of hydrogen-bond acceptors (Lipinski definition) is 4. The van der Waals surface area contributed by atoms with Crippen LogP contribution >= 0.6 is 0 Å². The van der Waals surface area contributed by atoms with Crippen LogP contribution in [0.25, 0.3) is 0 Å². The Balaban J connectivity index is 2.28. The lowest BCUT2D eigenvalue weighted by Crippen LogP contribution is -2.34. The van der Waals surface area contributed by atoms with Crippen LogP contribution in [-0.2, 0) is 0 Å². The molecule has 1 aromatic heterocycles. The van der Waals surface area contributed by atoms with Crippen molar-refractivity contribution in [2.24, 2.45) is 0 Å². The fourth-order valence-electron chi connectivity index (χ4n) is 1.35. The predicted octanol–water partition coefficient (Wildman–Crippen LogP) is 1.47. The standard InChI is InChI=1S/C12H22N4/c1-10(2)16(4)8-7-14-11(3)12-9-13-5-6-15-12/h5-6,9-11,14H,7-8H2,1-4H3. The predicted molar refractivity (Wildman–Crippen MR) is 66.2 cm³/mol. The van der Waals surface area contributed by atoms with Crippen LogP contribution in [0.3, 0.4) is 0 Å². The zero-order valence-corrected chi connectivity index (χ0v) is 10.6. The third-order valence-corrected chi connectivity index (χ3v) is 2.82. The molecular weight excluding hydrogens is 200 g/mol. The lowest BCUT2D eigenvalue weighted by atomic mass is 10.2. The average molecular weight is 222 g/mol. The highest BCUT2D eigenvalue weighted by molar-refractivity contribution is 5.00. The summed E-state index contributed by atoms with van der Waals surface area (Å²) < 4.78 is 0. The van der Waals surface area contributed by atoms with Crippen molar-refractivity contribution in [2.75, 3.05) is 20.1 Å². The van der Waals surface area contributed by atoms with Gasteiger partial charge in [0.1, 0.15) is 0 Å². The summed E-state index contributed by atoms with van der Waals surface area (Å²) in [6.07, 6.45) is 5.24. The van der Waals surface area contributed by atoms with Crippen LogP contribution in [0.5, 0.6) is 0 Å². The van der Waals surface area contributed by atoms with Crippen LogP contribution < -0.4 is 5.32 Å². The molecule has 0 aliphatic heterocycles. The second-order valence-corrected chi connectivity index (χ2v) is 4.38. The largest absolute Gasteiger partial charge is 0.308 e. The number of likely N-dealkylation sites (N-methyl/N-ethyl adjacent to an activating group) is 1. The minimum atomic E-state index is 0.259. The van der Waals surface area contributed by atoms with Gasteiger partial charge in [-0.3, -0.25) is 9.97 Å². The minimum absolute atomic E-state index is 0.259. The van der Waals surface area contributed by atoms with Crippen molar-refractivity contribution in [2.45, 2.75) is 32.9 Å². The normalized spacial score (nSPS) is 13.4. The summed E-state index contributed by atoms with van der Waals surface area (Å²) in [5, 5.41) is 3.44. The average Bonchev–Trinajstić information content (AvgIpc) is 2.29. The Morgan fingerprint density at radius 2 is 2.06 bits per heavy atom. The van der Waals surface area contributed by atoms with Crippen LogP contribution in [0.15, 0.2) is 18.6 Å². The first-order chi connectivity index (χ1) is 7.61. The number of aromatic nitrogens is 2. The van der Waals surface area contributed by atoms with Gasteiger partial charge in [-0.15, -0.1) is 0 Å². The second kappa shape index (κ2) is 6.55. The molecule has 1 atom stereocenters. The molecule has 0 aromatic carbocycles. The maximum absolute atomic E-state index is 4.27. The Morgan fingerprint density at radius 3 is 2.62 bits per heavy atom. The molecule has 1 N–H and O–H groups in total. The fraction of sp³-hybridized carbons (Fsp3) is 0.667. The molecule has 0 saturated heterocycles. The van der Waals surface area contributed by atoms with E-state index in [0.717, 1.165) is 18.8 Å². The zero-order chi connectivity index (χ0) is 12.0. The van der Waals surface area contributed by atoms with Crippen molar-refractivity contribution in [3.63, 3.8) is 0 Å². The number of nitrogens with zero attached hydrogens (tertiary/aromatic N) is 3. The lowest BCUT2D eigenvalue weighted by molar-refractivity contribution is 0.269. The molecule has 4 nitrogen and oxygen atoms in total. The fourth-order valence-corrected chi connectivity index (χ4v) is 1.35. The molecular formula is C12H22N4. The van der Waals surface area contributed by atoms with Crippen LogP contribution in [0.1, 0.15) is 32.5 Å². The zero-order valence-electron chi connectivity index (χ0n) is 10.6. The number of nitrogens with one attached hydrogen (secondary N) is 1. The first kappa shape index (κ1) is 13.1. The van der Waals surface area contributed by atoms with Crippen molar-refractivity contribution >= 4 is 0 Å². The Labute approximate surface area is 98.1 Å². The van der Waals surface area contributed by atoms with Gasteiger partial charge in [-0.1, -0.05) is 0 Å². The summed E-state index contributed by atoms with van der Waals surface area (Å²) in [5.74, 6) is 0. The molecule has 4 heteroatoms. The van der Waals surface area contributed by atoms with Gasteiger partial charge < -0.3 is 10.2 Å². The molecule has 1 heterocycles. The summed E-state index contributed by atoms with van der Waals surface area (Å²) in [5.41, 5.74) is 0.995. The summed E-state index contributed by atoms with van der Waals surface area (Å²) in [4.78, 5) is 10.7. The first-order valence-corrected chi connectivity index (χ1v) is 5.80. The highest BCUT2D eigenvalue weighted by Crippen LogP contribution is 2.05. The molecule has 0 spiro atoms. The molecule has 0 fully saturated rings. The van der Waals surface area contributed by atoms with E-state index in [1.807, 2.05) is 6.20 Å². The van der Waals surface area contributed by atoms with Gasteiger partial charge in [-0.25, -0.2) is 0 Å². The van der Waals surface area contributed by atoms with Gasteiger partial charge >= 0.3 is 0 Å². The van der Waals surface area contributed by atoms with E-state index in [4.69, 9.17) is 0 Å². The third kappa shape index (κ3) is 4.24. The lowest BCUT2D eigenvalue weighted by Gasteiger charge is -2.22. The van der Waals surface area contributed by atoms with E-state index in [1.54, 1.807) is 12.4 Å². The van der Waals surface area contributed by atoms with Gasteiger partial charge in [0.05, 0.1) is 5.69 Å². The SMILES string of the molecule is CC(NCCN(C)C(C)C)c1cnccn1. The molecule has 0 aliphatic carbocycles. The first-order valence-electron chi connectivity index (χ1n) is 5.80. The van der Waals surface area contributed by atoms with Gasteiger partial charge in [-0.2, -0.15) is 0 Å². The third-order valence-electron chi connectivity index (χ3n) is 2.82. The van der Waals surface area contributed by atoms with E-state index in [0.29, 0.717) is 6.04 Å². The van der Waals surface area contributed by atoms with Crippen molar-refractivity contribution in [1.82, 2.24) is 20.2 Å². The highest BCUT2D eigenvalue weighted by Gasteiger charge is 2.07. The van der Waals surface area contributed by atoms with E-state index in [2.05, 4.69) is 48.0 Å². The number of rotatable bonds is 6. The molecule has 16 heavy (non-hydrogen) atoms. The topological polar surface area (TPSA) is 41.0 Å². The van der Waals surface area contributed by atoms with Crippen LogP contribution in [-0.4, -0.2) is 41.0 Å². The van der Waals surface area contributed by atoms with E-state index in [-0.39, 0.29) is 6.04 Å². The molecule has 0 bridgehead atoms. The van der Waals surface area contributed by atoms with Crippen LogP contribution in [0.4, 0.5) is 0 Å². The summed E-state index contributed by atoms with van der Waals surface area (Å²) in [6.45, 7) is 8.52. The maximum atomic E-state index is 4.27. The van der Waals surface area contributed by atoms with E-state index < -0.39 is 0 Å². The van der Waals surface area contributed by atoms with Crippen LogP contribution in [0, 0.1) is 0 Å². The van der Waals surface area contributed by atoms with E-state index in [1.165, 1.54) is 0 Å². The quantitative estimate of drug-likeness (QED) is 0.791. The summed E-state index contributed by atoms with van der Waals surface area (Å²) >= 11 is 0. The van der Waals surface area contributed by atoms with Gasteiger partial charge in [0.15, 0.2) is 0 Å². The number of hydrogen-bond donors (Lipinski definition) is 1. The molecule has 90 valence electrons.